The average molecular weight is 272 g/mol. The summed E-state index contributed by atoms with van der Waals surface area (Å²) < 4.78 is 5.23. The number of aliphatic hydroxyl groups excluding tert-OH is 1. The molecule has 1 rings (SSSR count). The van der Waals surface area contributed by atoms with Gasteiger partial charge in [-0.05, 0) is 39.8 Å². The molecule has 4 heteroatoms. The summed E-state index contributed by atoms with van der Waals surface area (Å²) in [6, 6.07) is 0. The quantitative estimate of drug-likeness (QED) is 0.702. The molecule has 19 heavy (non-hydrogen) atoms. The fourth-order valence-corrected chi connectivity index (χ4v) is 3.14. The lowest BCUT2D eigenvalue weighted by Crippen LogP contribution is -2.55. The molecule has 3 unspecified atom stereocenters. The molecule has 0 radical (unpaired) electrons. The Morgan fingerprint density at radius 1 is 1.47 bits per heavy atom. The van der Waals surface area contributed by atoms with Gasteiger partial charge in [-0.25, -0.2) is 0 Å². The van der Waals surface area contributed by atoms with Crippen molar-refractivity contribution in [2.75, 3.05) is 40.4 Å². The van der Waals surface area contributed by atoms with Gasteiger partial charge in [-0.2, -0.15) is 0 Å². The summed E-state index contributed by atoms with van der Waals surface area (Å²) in [5.74, 6) is 0.797. The second-order valence-electron chi connectivity index (χ2n) is 6.26. The van der Waals surface area contributed by atoms with Gasteiger partial charge in [0.1, 0.15) is 0 Å². The molecule has 1 fully saturated rings. The van der Waals surface area contributed by atoms with Crippen molar-refractivity contribution < 1.29 is 9.84 Å². The Morgan fingerprint density at radius 3 is 2.79 bits per heavy atom. The smallest absolute Gasteiger partial charge is 0.0897 e. The van der Waals surface area contributed by atoms with Crippen LogP contribution in [0, 0.1) is 5.92 Å². The third-order valence-corrected chi connectivity index (χ3v) is 4.36. The minimum atomic E-state index is -0.403. The molecule has 0 amide bonds. The van der Waals surface area contributed by atoms with Crippen molar-refractivity contribution in [3.8, 4) is 0 Å². The largest absolute Gasteiger partial charge is 0.389 e. The van der Waals surface area contributed by atoms with Crippen LogP contribution in [0.25, 0.3) is 0 Å². The van der Waals surface area contributed by atoms with Crippen molar-refractivity contribution in [1.82, 2.24) is 10.2 Å². The van der Waals surface area contributed by atoms with E-state index in [0.29, 0.717) is 19.8 Å². The number of aliphatic hydroxyl groups is 1. The maximum atomic E-state index is 9.78. The molecule has 0 aromatic rings. The first kappa shape index (κ1) is 16.9. The molecular weight excluding hydrogens is 240 g/mol. The number of nitrogens with one attached hydrogen (secondary N) is 1. The maximum Gasteiger partial charge on any atom is 0.0897 e. The van der Waals surface area contributed by atoms with Crippen molar-refractivity contribution >= 4 is 0 Å². The van der Waals surface area contributed by atoms with E-state index in [9.17, 15) is 5.11 Å². The molecule has 2 N–H and O–H groups in total. The van der Waals surface area contributed by atoms with Gasteiger partial charge in [-0.1, -0.05) is 19.8 Å². The van der Waals surface area contributed by atoms with E-state index in [1.54, 1.807) is 0 Å². The van der Waals surface area contributed by atoms with Gasteiger partial charge in [0, 0.05) is 25.2 Å². The molecule has 0 aromatic carbocycles. The molecule has 1 saturated carbocycles. The molecule has 1 aliphatic carbocycles. The SMILES string of the molecule is CCOCC(O)CNCC1(N(C)C)CCCC(C)C1. The van der Waals surface area contributed by atoms with Crippen LogP contribution in [0.1, 0.15) is 39.5 Å². The minimum Gasteiger partial charge on any atom is -0.389 e. The molecule has 0 bridgehead atoms. The Bertz CT molecular complexity index is 248. The van der Waals surface area contributed by atoms with Crippen molar-refractivity contribution in [2.45, 2.75) is 51.2 Å². The van der Waals surface area contributed by atoms with Gasteiger partial charge >= 0.3 is 0 Å². The summed E-state index contributed by atoms with van der Waals surface area (Å²) in [6.45, 7) is 6.95. The Morgan fingerprint density at radius 2 is 2.21 bits per heavy atom. The number of nitrogens with zero attached hydrogens (tertiary/aromatic N) is 1. The van der Waals surface area contributed by atoms with E-state index < -0.39 is 6.10 Å². The molecule has 1 aliphatic rings. The summed E-state index contributed by atoms with van der Waals surface area (Å²) in [7, 11) is 4.35. The molecular formula is C15H32N2O2. The minimum absolute atomic E-state index is 0.253. The molecule has 0 aromatic heterocycles. The zero-order valence-electron chi connectivity index (χ0n) is 13.1. The highest BCUT2D eigenvalue weighted by Gasteiger charge is 2.36. The highest BCUT2D eigenvalue weighted by Crippen LogP contribution is 2.35. The monoisotopic (exact) mass is 272 g/mol. The van der Waals surface area contributed by atoms with Gasteiger partial charge in [0.2, 0.25) is 0 Å². The van der Waals surface area contributed by atoms with Crippen LogP contribution in [0.15, 0.2) is 0 Å². The topological polar surface area (TPSA) is 44.7 Å². The first-order chi connectivity index (χ1) is 9.00. The fourth-order valence-electron chi connectivity index (χ4n) is 3.14. The van der Waals surface area contributed by atoms with Gasteiger partial charge < -0.3 is 20.1 Å². The lowest BCUT2D eigenvalue weighted by Gasteiger charge is -2.45. The molecule has 4 nitrogen and oxygen atoms in total. The van der Waals surface area contributed by atoms with Gasteiger partial charge in [-0.15, -0.1) is 0 Å². The van der Waals surface area contributed by atoms with E-state index in [1.165, 1.54) is 25.7 Å². The first-order valence-corrected chi connectivity index (χ1v) is 7.64. The standard InChI is InChI=1S/C15H32N2O2/c1-5-19-11-14(18)10-16-12-15(17(3)4)8-6-7-13(2)9-15/h13-14,16,18H,5-12H2,1-4H3. The van der Waals surface area contributed by atoms with E-state index >= 15 is 0 Å². The molecule has 114 valence electrons. The van der Waals surface area contributed by atoms with E-state index in [4.69, 9.17) is 4.74 Å². The Hall–Kier alpha value is -0.160. The maximum absolute atomic E-state index is 9.78. The third kappa shape index (κ3) is 5.38. The van der Waals surface area contributed by atoms with E-state index in [2.05, 4.69) is 31.2 Å². The van der Waals surface area contributed by atoms with E-state index in [-0.39, 0.29) is 5.54 Å². The normalized spacial score (nSPS) is 29.7. The molecule has 0 aliphatic heterocycles. The number of hydrogen-bond acceptors (Lipinski definition) is 4. The zero-order valence-corrected chi connectivity index (χ0v) is 13.1. The first-order valence-electron chi connectivity index (χ1n) is 7.64. The Labute approximate surface area is 118 Å². The predicted octanol–water partition coefficient (Wildman–Crippen LogP) is 1.48. The highest BCUT2D eigenvalue weighted by atomic mass is 16.5. The van der Waals surface area contributed by atoms with Crippen LogP contribution in [0.4, 0.5) is 0 Å². The summed E-state index contributed by atoms with van der Waals surface area (Å²) >= 11 is 0. The lowest BCUT2D eigenvalue weighted by atomic mass is 9.75. The van der Waals surface area contributed by atoms with Gasteiger partial charge in [-0.3, -0.25) is 0 Å². The summed E-state index contributed by atoms with van der Waals surface area (Å²) in [4.78, 5) is 2.37. The highest BCUT2D eigenvalue weighted by molar-refractivity contribution is 4.94. The number of likely N-dealkylation sites (N-methyl/N-ethyl adjacent to an activating group) is 1. The molecule has 0 heterocycles. The van der Waals surface area contributed by atoms with E-state index in [0.717, 1.165) is 12.5 Å². The summed E-state index contributed by atoms with van der Waals surface area (Å²) in [5, 5.41) is 13.2. The molecule has 0 spiro atoms. The van der Waals surface area contributed by atoms with Crippen LogP contribution in [-0.2, 0) is 4.74 Å². The van der Waals surface area contributed by atoms with Gasteiger partial charge in [0.15, 0.2) is 0 Å². The van der Waals surface area contributed by atoms with Crippen LogP contribution in [0.5, 0.6) is 0 Å². The summed E-state index contributed by atoms with van der Waals surface area (Å²) in [6.07, 6.45) is 4.75. The Kier molecular flexibility index (Phi) is 7.29. The van der Waals surface area contributed by atoms with Crippen molar-refractivity contribution in [3.05, 3.63) is 0 Å². The van der Waals surface area contributed by atoms with E-state index in [1.807, 2.05) is 6.92 Å². The third-order valence-electron chi connectivity index (χ3n) is 4.36. The lowest BCUT2D eigenvalue weighted by molar-refractivity contribution is 0.0349. The fraction of sp³-hybridized carbons (Fsp3) is 1.00. The molecule has 0 saturated heterocycles. The van der Waals surface area contributed by atoms with Crippen LogP contribution >= 0.6 is 0 Å². The number of rotatable bonds is 8. The van der Waals surface area contributed by atoms with Crippen LogP contribution in [0.2, 0.25) is 0 Å². The Balaban J connectivity index is 2.38. The second-order valence-corrected chi connectivity index (χ2v) is 6.26. The van der Waals surface area contributed by atoms with Gasteiger partial charge in [0.25, 0.3) is 0 Å². The number of ether oxygens (including phenoxy) is 1. The van der Waals surface area contributed by atoms with Crippen molar-refractivity contribution in [3.63, 3.8) is 0 Å². The van der Waals surface area contributed by atoms with Crippen molar-refractivity contribution in [1.29, 1.82) is 0 Å². The van der Waals surface area contributed by atoms with Crippen LogP contribution < -0.4 is 5.32 Å². The predicted molar refractivity (Wildman–Crippen MR) is 79.4 cm³/mol. The van der Waals surface area contributed by atoms with Crippen LogP contribution in [0.3, 0.4) is 0 Å². The van der Waals surface area contributed by atoms with Crippen LogP contribution in [-0.4, -0.2) is 62.0 Å². The second kappa shape index (κ2) is 8.20. The zero-order chi connectivity index (χ0) is 14.3. The van der Waals surface area contributed by atoms with Gasteiger partial charge in [0.05, 0.1) is 12.7 Å². The van der Waals surface area contributed by atoms with Crippen molar-refractivity contribution in [2.24, 2.45) is 5.92 Å². The molecule has 3 atom stereocenters. The number of hydrogen-bond donors (Lipinski definition) is 2. The average Bonchev–Trinajstić information content (AvgIpc) is 2.36. The summed E-state index contributed by atoms with van der Waals surface area (Å²) in [5.41, 5.74) is 0.253.